The van der Waals surface area contributed by atoms with Crippen LogP contribution in [0.15, 0.2) is 72.8 Å². The summed E-state index contributed by atoms with van der Waals surface area (Å²) in [6.45, 7) is 0. The van der Waals surface area contributed by atoms with Crippen molar-refractivity contribution < 1.29 is 4.39 Å². The van der Waals surface area contributed by atoms with E-state index in [0.29, 0.717) is 5.92 Å². The molecule has 0 amide bonds. The molecule has 0 saturated heterocycles. The van der Waals surface area contributed by atoms with Gasteiger partial charge in [-0.05, 0) is 35.3 Å². The quantitative estimate of drug-likeness (QED) is 0.707. The summed E-state index contributed by atoms with van der Waals surface area (Å²) in [7, 11) is 0. The van der Waals surface area contributed by atoms with Crippen molar-refractivity contribution in [1.29, 1.82) is 0 Å². The van der Waals surface area contributed by atoms with E-state index in [-0.39, 0.29) is 5.82 Å². The summed E-state index contributed by atoms with van der Waals surface area (Å²) in [6, 6.07) is 17.2. The molecule has 0 bridgehead atoms. The molecule has 2 aromatic carbocycles. The lowest BCUT2D eigenvalue weighted by Gasteiger charge is -2.16. The zero-order chi connectivity index (χ0) is 13.1. The second-order valence-electron chi connectivity index (χ2n) is 4.78. The molecule has 0 fully saturated rings. The third kappa shape index (κ3) is 2.65. The zero-order valence-corrected chi connectivity index (χ0v) is 10.6. The topological polar surface area (TPSA) is 0 Å². The van der Waals surface area contributed by atoms with Gasteiger partial charge < -0.3 is 0 Å². The molecule has 0 aliphatic heterocycles. The minimum Gasteiger partial charge on any atom is -0.207 e. The lowest BCUT2D eigenvalue weighted by molar-refractivity contribution is 0.626. The molecule has 3 rings (SSSR count). The van der Waals surface area contributed by atoms with Gasteiger partial charge in [0.15, 0.2) is 0 Å². The van der Waals surface area contributed by atoms with E-state index in [1.54, 1.807) is 0 Å². The Labute approximate surface area is 112 Å². The highest BCUT2D eigenvalue weighted by molar-refractivity contribution is 5.75. The maximum absolute atomic E-state index is 12.9. The normalized spacial score (nSPS) is 18.2. The van der Waals surface area contributed by atoms with Crippen LogP contribution in [0.2, 0.25) is 0 Å². The first kappa shape index (κ1) is 11.9. The van der Waals surface area contributed by atoms with Gasteiger partial charge in [0.25, 0.3) is 0 Å². The van der Waals surface area contributed by atoms with Crippen LogP contribution in [0.3, 0.4) is 0 Å². The highest BCUT2D eigenvalue weighted by Gasteiger charge is 2.11. The minimum atomic E-state index is -0.177. The molecular formula is C18H15F. The molecule has 1 aliphatic rings. The molecule has 19 heavy (non-hydrogen) atoms. The van der Waals surface area contributed by atoms with E-state index in [1.807, 2.05) is 18.2 Å². The molecule has 0 nitrogen and oxygen atoms in total. The van der Waals surface area contributed by atoms with Crippen molar-refractivity contribution in [2.75, 3.05) is 0 Å². The SMILES string of the molecule is Fc1ccc(C2C=CC(c3ccccc3)=CC2)cc1. The van der Waals surface area contributed by atoms with Crippen LogP contribution in [0.1, 0.15) is 23.5 Å². The van der Waals surface area contributed by atoms with Crippen LogP contribution >= 0.6 is 0 Å². The first-order chi connectivity index (χ1) is 9.33. The van der Waals surface area contributed by atoms with Gasteiger partial charge in [0.1, 0.15) is 5.82 Å². The Bertz CT molecular complexity index is 606. The molecule has 94 valence electrons. The van der Waals surface area contributed by atoms with Crippen LogP contribution in [0.5, 0.6) is 0 Å². The molecule has 0 saturated carbocycles. The second kappa shape index (κ2) is 5.23. The van der Waals surface area contributed by atoms with Crippen LogP contribution in [0.25, 0.3) is 5.57 Å². The van der Waals surface area contributed by atoms with E-state index < -0.39 is 0 Å². The fourth-order valence-electron chi connectivity index (χ4n) is 2.42. The third-order valence-corrected chi connectivity index (χ3v) is 3.51. The lowest BCUT2D eigenvalue weighted by Crippen LogP contribution is -1.98. The van der Waals surface area contributed by atoms with E-state index in [2.05, 4.69) is 42.5 Å². The Balaban J connectivity index is 1.78. The summed E-state index contributed by atoms with van der Waals surface area (Å²) >= 11 is 0. The van der Waals surface area contributed by atoms with Gasteiger partial charge in [-0.15, -0.1) is 0 Å². The van der Waals surface area contributed by atoms with Gasteiger partial charge in [0, 0.05) is 5.92 Å². The maximum Gasteiger partial charge on any atom is 0.123 e. The van der Waals surface area contributed by atoms with E-state index in [1.165, 1.54) is 28.8 Å². The number of halogens is 1. The number of benzene rings is 2. The fraction of sp³-hybridized carbons (Fsp3) is 0.111. The van der Waals surface area contributed by atoms with E-state index in [0.717, 1.165) is 6.42 Å². The maximum atomic E-state index is 12.9. The molecule has 0 spiro atoms. The van der Waals surface area contributed by atoms with Crippen LogP contribution in [0, 0.1) is 5.82 Å². The zero-order valence-electron chi connectivity index (χ0n) is 10.6. The monoisotopic (exact) mass is 250 g/mol. The molecule has 0 N–H and O–H groups in total. The molecule has 1 aliphatic carbocycles. The predicted octanol–water partition coefficient (Wildman–Crippen LogP) is 4.95. The molecule has 1 atom stereocenters. The van der Waals surface area contributed by atoms with Gasteiger partial charge in [-0.3, -0.25) is 0 Å². The second-order valence-corrected chi connectivity index (χ2v) is 4.78. The number of allylic oxidation sites excluding steroid dienone is 4. The van der Waals surface area contributed by atoms with Gasteiger partial charge in [-0.25, -0.2) is 4.39 Å². The highest BCUT2D eigenvalue weighted by atomic mass is 19.1. The molecule has 0 radical (unpaired) electrons. The summed E-state index contributed by atoms with van der Waals surface area (Å²) in [5, 5.41) is 0. The first-order valence-corrected chi connectivity index (χ1v) is 6.52. The summed E-state index contributed by atoms with van der Waals surface area (Å²) < 4.78 is 12.9. The third-order valence-electron chi connectivity index (χ3n) is 3.51. The Hall–Kier alpha value is -2.15. The van der Waals surface area contributed by atoms with Crippen molar-refractivity contribution in [3.05, 3.63) is 89.8 Å². The standard InChI is InChI=1S/C18H15F/c19-18-12-10-17(11-13-18)16-8-6-15(7-9-16)14-4-2-1-3-5-14/h1-8,10-13,16H,9H2. The van der Waals surface area contributed by atoms with Crippen LogP contribution in [0.4, 0.5) is 4.39 Å². The van der Waals surface area contributed by atoms with Gasteiger partial charge in [0.2, 0.25) is 0 Å². The summed E-state index contributed by atoms with van der Waals surface area (Å²) in [4.78, 5) is 0. The molecule has 2 aromatic rings. The van der Waals surface area contributed by atoms with Gasteiger partial charge in [0.05, 0.1) is 0 Å². The van der Waals surface area contributed by atoms with Gasteiger partial charge in [-0.2, -0.15) is 0 Å². The molecule has 1 heteroatoms. The van der Waals surface area contributed by atoms with Crippen LogP contribution < -0.4 is 0 Å². The largest absolute Gasteiger partial charge is 0.207 e. The average molecular weight is 250 g/mol. The van der Waals surface area contributed by atoms with Crippen molar-refractivity contribution in [1.82, 2.24) is 0 Å². The Kier molecular flexibility index (Phi) is 3.28. The van der Waals surface area contributed by atoms with Crippen LogP contribution in [-0.2, 0) is 0 Å². The Morgan fingerprint density at radius 2 is 1.63 bits per heavy atom. The van der Waals surface area contributed by atoms with E-state index >= 15 is 0 Å². The summed E-state index contributed by atoms with van der Waals surface area (Å²) in [6.07, 6.45) is 7.58. The van der Waals surface area contributed by atoms with Crippen molar-refractivity contribution in [3.8, 4) is 0 Å². The van der Waals surface area contributed by atoms with Crippen molar-refractivity contribution >= 4 is 5.57 Å². The summed E-state index contributed by atoms with van der Waals surface area (Å²) in [5.74, 6) is 0.178. The molecule has 0 heterocycles. The predicted molar refractivity (Wildman–Crippen MR) is 77.3 cm³/mol. The first-order valence-electron chi connectivity index (χ1n) is 6.52. The Morgan fingerprint density at radius 1 is 0.895 bits per heavy atom. The van der Waals surface area contributed by atoms with Gasteiger partial charge >= 0.3 is 0 Å². The Morgan fingerprint density at radius 3 is 2.26 bits per heavy atom. The van der Waals surface area contributed by atoms with E-state index in [4.69, 9.17) is 0 Å². The van der Waals surface area contributed by atoms with Crippen molar-refractivity contribution in [3.63, 3.8) is 0 Å². The number of hydrogen-bond acceptors (Lipinski definition) is 0. The van der Waals surface area contributed by atoms with Crippen LogP contribution in [-0.4, -0.2) is 0 Å². The molecule has 1 unspecified atom stereocenters. The number of rotatable bonds is 2. The lowest BCUT2D eigenvalue weighted by atomic mass is 9.88. The average Bonchev–Trinajstić information content (AvgIpc) is 2.49. The van der Waals surface area contributed by atoms with Gasteiger partial charge in [-0.1, -0.05) is 60.7 Å². The summed E-state index contributed by atoms with van der Waals surface area (Å²) in [5.41, 5.74) is 3.68. The highest BCUT2D eigenvalue weighted by Crippen LogP contribution is 2.30. The fourth-order valence-corrected chi connectivity index (χ4v) is 2.42. The van der Waals surface area contributed by atoms with Crippen molar-refractivity contribution in [2.24, 2.45) is 0 Å². The number of hydrogen-bond donors (Lipinski definition) is 0. The minimum absolute atomic E-state index is 0.177. The van der Waals surface area contributed by atoms with Crippen molar-refractivity contribution in [2.45, 2.75) is 12.3 Å². The molecule has 0 aromatic heterocycles. The molecular weight excluding hydrogens is 235 g/mol. The van der Waals surface area contributed by atoms with E-state index in [9.17, 15) is 4.39 Å². The smallest absolute Gasteiger partial charge is 0.123 e.